The van der Waals surface area contributed by atoms with Gasteiger partial charge in [0.1, 0.15) is 0 Å². The third-order valence-electron chi connectivity index (χ3n) is 2.80. The fourth-order valence-corrected chi connectivity index (χ4v) is 2.02. The van der Waals surface area contributed by atoms with E-state index in [1.54, 1.807) is 0 Å². The Hall–Kier alpha value is -1.69. The summed E-state index contributed by atoms with van der Waals surface area (Å²) < 4.78 is 14.7. The SMILES string of the molecule is CCNc1ncc(F)c(NC(C)c2ccc(Br)cc2)n1. The Morgan fingerprint density at radius 3 is 2.65 bits per heavy atom. The lowest BCUT2D eigenvalue weighted by Gasteiger charge is -2.16. The van der Waals surface area contributed by atoms with Crippen LogP contribution < -0.4 is 10.6 Å². The first-order valence-corrected chi connectivity index (χ1v) is 7.18. The Morgan fingerprint density at radius 2 is 2.00 bits per heavy atom. The molecule has 1 heterocycles. The van der Waals surface area contributed by atoms with Crippen LogP contribution in [0.2, 0.25) is 0 Å². The lowest BCUT2D eigenvalue weighted by Crippen LogP contribution is -2.11. The fourth-order valence-electron chi connectivity index (χ4n) is 1.75. The number of hydrogen-bond donors (Lipinski definition) is 2. The van der Waals surface area contributed by atoms with Gasteiger partial charge in [-0.3, -0.25) is 0 Å². The summed E-state index contributed by atoms with van der Waals surface area (Å²) in [5, 5.41) is 6.02. The van der Waals surface area contributed by atoms with Crippen molar-refractivity contribution < 1.29 is 4.39 Å². The summed E-state index contributed by atoms with van der Waals surface area (Å²) in [5.74, 6) is 0.154. The van der Waals surface area contributed by atoms with Crippen molar-refractivity contribution in [2.45, 2.75) is 19.9 Å². The molecular weight excluding hydrogens is 323 g/mol. The Labute approximate surface area is 126 Å². The van der Waals surface area contributed by atoms with E-state index in [2.05, 4.69) is 36.5 Å². The summed E-state index contributed by atoms with van der Waals surface area (Å²) in [6.07, 6.45) is 1.17. The van der Waals surface area contributed by atoms with E-state index in [-0.39, 0.29) is 11.9 Å². The molecule has 1 aromatic carbocycles. The molecule has 0 saturated heterocycles. The molecule has 0 amide bonds. The summed E-state index contributed by atoms with van der Waals surface area (Å²) in [7, 11) is 0. The largest absolute Gasteiger partial charge is 0.361 e. The van der Waals surface area contributed by atoms with Crippen molar-refractivity contribution in [3.05, 3.63) is 46.3 Å². The predicted molar refractivity (Wildman–Crippen MR) is 82.3 cm³/mol. The van der Waals surface area contributed by atoms with Crippen LogP contribution in [0.15, 0.2) is 34.9 Å². The van der Waals surface area contributed by atoms with Crippen LogP contribution in [0, 0.1) is 5.82 Å². The zero-order valence-electron chi connectivity index (χ0n) is 11.3. The monoisotopic (exact) mass is 338 g/mol. The molecule has 0 saturated carbocycles. The maximum absolute atomic E-state index is 13.7. The molecular formula is C14H16BrFN4. The average Bonchev–Trinajstić information content (AvgIpc) is 2.43. The summed E-state index contributed by atoms with van der Waals surface area (Å²) in [6, 6.07) is 7.81. The predicted octanol–water partition coefficient (Wildman–Crippen LogP) is 3.98. The maximum atomic E-state index is 13.7. The number of nitrogens with zero attached hydrogens (tertiary/aromatic N) is 2. The molecule has 6 heteroatoms. The van der Waals surface area contributed by atoms with Crippen molar-refractivity contribution in [3.8, 4) is 0 Å². The van der Waals surface area contributed by atoms with Gasteiger partial charge in [0, 0.05) is 11.0 Å². The standard InChI is InChI=1S/C14H16BrFN4/c1-3-17-14-18-8-12(16)13(20-14)19-9(2)10-4-6-11(15)7-5-10/h4-9H,3H2,1-2H3,(H2,17,18,19,20). The van der Waals surface area contributed by atoms with E-state index in [1.165, 1.54) is 6.20 Å². The van der Waals surface area contributed by atoms with Crippen LogP contribution in [-0.2, 0) is 0 Å². The van der Waals surface area contributed by atoms with Gasteiger partial charge in [-0.2, -0.15) is 4.98 Å². The molecule has 1 atom stereocenters. The Balaban J connectivity index is 2.16. The van der Waals surface area contributed by atoms with E-state index < -0.39 is 5.82 Å². The van der Waals surface area contributed by atoms with Gasteiger partial charge in [-0.05, 0) is 31.5 Å². The summed E-state index contributed by atoms with van der Waals surface area (Å²) in [6.45, 7) is 4.58. The van der Waals surface area contributed by atoms with Gasteiger partial charge in [0.05, 0.1) is 12.2 Å². The molecule has 0 aliphatic heterocycles. The molecule has 0 aliphatic rings. The molecule has 0 bridgehead atoms. The second kappa shape index (κ2) is 6.65. The van der Waals surface area contributed by atoms with Crippen LogP contribution in [-0.4, -0.2) is 16.5 Å². The highest BCUT2D eigenvalue weighted by Crippen LogP contribution is 2.22. The van der Waals surface area contributed by atoms with E-state index in [4.69, 9.17) is 0 Å². The molecule has 2 N–H and O–H groups in total. The van der Waals surface area contributed by atoms with Crippen LogP contribution >= 0.6 is 15.9 Å². The minimum absolute atomic E-state index is 0.0537. The Kier molecular flexibility index (Phi) is 4.89. The third kappa shape index (κ3) is 3.66. The van der Waals surface area contributed by atoms with Gasteiger partial charge in [-0.15, -0.1) is 0 Å². The quantitative estimate of drug-likeness (QED) is 0.865. The van der Waals surface area contributed by atoms with Crippen molar-refractivity contribution in [2.75, 3.05) is 17.2 Å². The second-order valence-corrected chi connectivity index (χ2v) is 5.25. The van der Waals surface area contributed by atoms with Crippen molar-refractivity contribution in [1.82, 2.24) is 9.97 Å². The highest BCUT2D eigenvalue weighted by molar-refractivity contribution is 9.10. The van der Waals surface area contributed by atoms with E-state index >= 15 is 0 Å². The third-order valence-corrected chi connectivity index (χ3v) is 3.33. The minimum atomic E-state index is -0.462. The summed E-state index contributed by atoms with van der Waals surface area (Å²) >= 11 is 3.39. The van der Waals surface area contributed by atoms with E-state index in [0.29, 0.717) is 12.5 Å². The van der Waals surface area contributed by atoms with Crippen molar-refractivity contribution >= 4 is 27.7 Å². The lowest BCUT2D eigenvalue weighted by molar-refractivity contribution is 0.614. The first-order valence-electron chi connectivity index (χ1n) is 6.38. The molecule has 4 nitrogen and oxygen atoms in total. The number of benzene rings is 1. The molecule has 1 unspecified atom stereocenters. The van der Waals surface area contributed by atoms with Crippen molar-refractivity contribution in [1.29, 1.82) is 0 Å². The van der Waals surface area contributed by atoms with Crippen molar-refractivity contribution in [2.24, 2.45) is 0 Å². The molecule has 2 rings (SSSR count). The number of aromatic nitrogens is 2. The molecule has 106 valence electrons. The first kappa shape index (κ1) is 14.7. The van der Waals surface area contributed by atoms with Gasteiger partial charge in [0.2, 0.25) is 5.95 Å². The minimum Gasteiger partial charge on any atom is -0.361 e. The van der Waals surface area contributed by atoms with Crippen molar-refractivity contribution in [3.63, 3.8) is 0 Å². The number of hydrogen-bond acceptors (Lipinski definition) is 4. The van der Waals surface area contributed by atoms with Gasteiger partial charge in [-0.25, -0.2) is 9.37 Å². The van der Waals surface area contributed by atoms with Crippen LogP contribution in [0.5, 0.6) is 0 Å². The fraction of sp³-hybridized carbons (Fsp3) is 0.286. The number of halogens is 2. The van der Waals surface area contributed by atoms with Crippen LogP contribution in [0.3, 0.4) is 0 Å². The molecule has 1 aromatic heterocycles. The van der Waals surface area contributed by atoms with E-state index in [1.807, 2.05) is 38.1 Å². The highest BCUT2D eigenvalue weighted by atomic mass is 79.9. The zero-order valence-corrected chi connectivity index (χ0v) is 12.9. The molecule has 20 heavy (non-hydrogen) atoms. The molecule has 0 spiro atoms. The number of rotatable bonds is 5. The second-order valence-electron chi connectivity index (χ2n) is 4.34. The van der Waals surface area contributed by atoms with Gasteiger partial charge in [0.15, 0.2) is 11.6 Å². The normalized spacial score (nSPS) is 12.0. The van der Waals surface area contributed by atoms with Gasteiger partial charge >= 0.3 is 0 Å². The van der Waals surface area contributed by atoms with E-state index in [9.17, 15) is 4.39 Å². The van der Waals surface area contributed by atoms with Crippen LogP contribution in [0.25, 0.3) is 0 Å². The van der Waals surface area contributed by atoms with Gasteiger partial charge < -0.3 is 10.6 Å². The molecule has 0 radical (unpaired) electrons. The van der Waals surface area contributed by atoms with Gasteiger partial charge in [-0.1, -0.05) is 28.1 Å². The van der Waals surface area contributed by atoms with Gasteiger partial charge in [0.25, 0.3) is 0 Å². The lowest BCUT2D eigenvalue weighted by atomic mass is 10.1. The number of nitrogens with one attached hydrogen (secondary N) is 2. The van der Waals surface area contributed by atoms with Crippen LogP contribution in [0.4, 0.5) is 16.2 Å². The molecule has 0 aliphatic carbocycles. The highest BCUT2D eigenvalue weighted by Gasteiger charge is 2.11. The zero-order chi connectivity index (χ0) is 14.5. The number of anilines is 2. The summed E-state index contributed by atoms with van der Waals surface area (Å²) in [4.78, 5) is 8.00. The molecule has 2 aromatic rings. The van der Waals surface area contributed by atoms with Crippen LogP contribution in [0.1, 0.15) is 25.5 Å². The molecule has 0 fully saturated rings. The maximum Gasteiger partial charge on any atom is 0.224 e. The Bertz CT molecular complexity index is 574. The van der Waals surface area contributed by atoms with E-state index in [0.717, 1.165) is 10.0 Å². The topological polar surface area (TPSA) is 49.8 Å². The first-order chi connectivity index (χ1) is 9.60. The average molecular weight is 339 g/mol. The smallest absolute Gasteiger partial charge is 0.224 e. The summed E-state index contributed by atoms with van der Waals surface area (Å²) in [5.41, 5.74) is 1.05. The Morgan fingerprint density at radius 1 is 1.30 bits per heavy atom.